The molecule has 0 aliphatic heterocycles. The average molecular weight is 454 g/mol. The summed E-state index contributed by atoms with van der Waals surface area (Å²) in [6.45, 7) is 0.317. The second-order valence-corrected chi connectivity index (χ2v) is 8.63. The van der Waals surface area contributed by atoms with E-state index in [1.807, 2.05) is 18.2 Å². The molecule has 2 aromatic carbocycles. The molecular formula is C14H12Br2ClNO2S. The number of anilines is 1. The first kappa shape index (κ1) is 16.8. The van der Waals surface area contributed by atoms with Gasteiger partial charge in [-0.25, -0.2) is 8.42 Å². The van der Waals surface area contributed by atoms with Gasteiger partial charge in [0.25, 0.3) is 0 Å². The van der Waals surface area contributed by atoms with E-state index in [-0.39, 0.29) is 4.90 Å². The van der Waals surface area contributed by atoms with Crippen molar-refractivity contribution in [1.82, 2.24) is 0 Å². The van der Waals surface area contributed by atoms with Crippen LogP contribution in [0.4, 0.5) is 5.69 Å². The molecule has 3 nitrogen and oxygen atoms in total. The summed E-state index contributed by atoms with van der Waals surface area (Å²) in [6.07, 6.45) is 1.18. The maximum absolute atomic E-state index is 11.8. The van der Waals surface area contributed by atoms with Crippen LogP contribution in [0.15, 0.2) is 50.2 Å². The van der Waals surface area contributed by atoms with Gasteiger partial charge in [0.1, 0.15) is 0 Å². The van der Waals surface area contributed by atoms with Gasteiger partial charge in [-0.3, -0.25) is 0 Å². The number of halogens is 3. The van der Waals surface area contributed by atoms with Crippen LogP contribution in [0.5, 0.6) is 0 Å². The van der Waals surface area contributed by atoms with Crippen LogP contribution in [0, 0.1) is 0 Å². The van der Waals surface area contributed by atoms with Crippen LogP contribution in [-0.4, -0.2) is 14.7 Å². The monoisotopic (exact) mass is 451 g/mol. The van der Waals surface area contributed by atoms with Gasteiger partial charge in [0.15, 0.2) is 9.84 Å². The number of sulfone groups is 1. The van der Waals surface area contributed by atoms with Crippen LogP contribution in [-0.2, 0) is 16.4 Å². The van der Waals surface area contributed by atoms with Gasteiger partial charge < -0.3 is 5.32 Å². The smallest absolute Gasteiger partial charge is 0.175 e. The van der Waals surface area contributed by atoms with Crippen LogP contribution < -0.4 is 5.32 Å². The average Bonchev–Trinajstić information content (AvgIpc) is 2.39. The Morgan fingerprint density at radius 2 is 1.90 bits per heavy atom. The lowest BCUT2D eigenvalue weighted by atomic mass is 10.2. The van der Waals surface area contributed by atoms with Crippen LogP contribution in [0.2, 0.25) is 5.02 Å². The van der Waals surface area contributed by atoms with Gasteiger partial charge in [-0.1, -0.05) is 33.6 Å². The predicted molar refractivity (Wildman–Crippen MR) is 93.7 cm³/mol. The molecule has 0 aromatic heterocycles. The van der Waals surface area contributed by atoms with Gasteiger partial charge in [-0.15, -0.1) is 0 Å². The summed E-state index contributed by atoms with van der Waals surface area (Å²) in [5.41, 5.74) is 1.41. The van der Waals surface area contributed by atoms with Crippen molar-refractivity contribution >= 4 is 59.0 Å². The Morgan fingerprint density at radius 1 is 1.19 bits per heavy atom. The van der Waals surface area contributed by atoms with Crippen molar-refractivity contribution in [3.63, 3.8) is 0 Å². The summed E-state index contributed by atoms with van der Waals surface area (Å²) in [5.74, 6) is 0. The molecule has 21 heavy (non-hydrogen) atoms. The molecule has 0 spiro atoms. The minimum Gasteiger partial charge on any atom is -0.380 e. The Balaban J connectivity index is 2.34. The van der Waals surface area contributed by atoms with Gasteiger partial charge in [-0.2, -0.15) is 0 Å². The Morgan fingerprint density at radius 3 is 2.57 bits per heavy atom. The first-order valence-electron chi connectivity index (χ1n) is 5.95. The zero-order chi connectivity index (χ0) is 15.6. The van der Waals surface area contributed by atoms with Gasteiger partial charge in [0.05, 0.1) is 4.90 Å². The molecule has 0 atom stereocenters. The molecule has 2 rings (SSSR count). The molecule has 1 N–H and O–H groups in total. The summed E-state index contributed by atoms with van der Waals surface area (Å²) >= 11 is 13.0. The highest BCUT2D eigenvalue weighted by Crippen LogP contribution is 2.29. The normalized spacial score (nSPS) is 11.4. The largest absolute Gasteiger partial charge is 0.380 e. The molecule has 0 fully saturated rings. The summed E-state index contributed by atoms with van der Waals surface area (Å²) in [7, 11) is -3.32. The van der Waals surface area contributed by atoms with Crippen LogP contribution >= 0.6 is 43.5 Å². The maximum atomic E-state index is 11.8. The first-order valence-corrected chi connectivity index (χ1v) is 9.81. The number of hydrogen-bond acceptors (Lipinski definition) is 3. The molecule has 0 aliphatic carbocycles. The summed E-state index contributed by atoms with van der Waals surface area (Å²) < 4.78 is 25.5. The van der Waals surface area contributed by atoms with Crippen LogP contribution in [0.3, 0.4) is 0 Å². The van der Waals surface area contributed by atoms with Gasteiger partial charge in [0.2, 0.25) is 0 Å². The van der Waals surface area contributed by atoms with Crippen molar-refractivity contribution < 1.29 is 8.42 Å². The number of nitrogens with one attached hydrogen (secondary N) is 1. The Bertz CT molecular complexity index is 779. The minimum atomic E-state index is -3.32. The molecule has 0 bridgehead atoms. The second kappa shape index (κ2) is 6.69. The second-order valence-electron chi connectivity index (χ2n) is 4.47. The Kier molecular flexibility index (Phi) is 5.35. The highest BCUT2D eigenvalue weighted by Gasteiger charge is 2.15. The van der Waals surface area contributed by atoms with Gasteiger partial charge in [-0.05, 0) is 46.3 Å². The molecule has 0 aliphatic rings. The predicted octanol–water partition coefficient (Wildman–Crippen LogP) is 4.88. The molecule has 0 heterocycles. The Labute approximate surface area is 145 Å². The lowest BCUT2D eigenvalue weighted by Gasteiger charge is -2.13. The number of hydrogen-bond donors (Lipinski definition) is 1. The zero-order valence-electron chi connectivity index (χ0n) is 11.0. The van der Waals surface area contributed by atoms with Crippen LogP contribution in [0.25, 0.3) is 0 Å². The van der Waals surface area contributed by atoms with Crippen molar-refractivity contribution in [3.8, 4) is 0 Å². The zero-order valence-corrected chi connectivity index (χ0v) is 15.8. The van der Waals surface area contributed by atoms with E-state index >= 15 is 0 Å². The lowest BCUT2D eigenvalue weighted by Crippen LogP contribution is -2.08. The standard InChI is InChI=1S/C14H12Br2ClNO2S/c1-21(19,20)14-4-2-3-12(17)10(14)8-18-13-7-9(15)5-6-11(13)16/h2-7,18H,8H2,1H3. The SMILES string of the molecule is CS(=O)(=O)c1cccc(Cl)c1CNc1cc(Br)ccc1Br. The Hall–Kier alpha value is -0.560. The lowest BCUT2D eigenvalue weighted by molar-refractivity contribution is 0.601. The number of benzene rings is 2. The summed E-state index contributed by atoms with van der Waals surface area (Å²) in [5, 5.41) is 3.62. The molecule has 7 heteroatoms. The molecular weight excluding hydrogens is 441 g/mol. The van der Waals surface area contributed by atoms with E-state index in [1.54, 1.807) is 18.2 Å². The van der Waals surface area contributed by atoms with E-state index in [4.69, 9.17) is 11.6 Å². The highest BCUT2D eigenvalue weighted by atomic mass is 79.9. The van der Waals surface area contributed by atoms with Gasteiger partial charge in [0, 0.05) is 38.0 Å². The maximum Gasteiger partial charge on any atom is 0.175 e. The van der Waals surface area contributed by atoms with Crippen molar-refractivity contribution in [2.75, 3.05) is 11.6 Å². The van der Waals surface area contributed by atoms with E-state index in [9.17, 15) is 8.42 Å². The van der Waals surface area contributed by atoms with Crippen molar-refractivity contribution in [1.29, 1.82) is 0 Å². The third kappa shape index (κ3) is 4.22. The fraction of sp³-hybridized carbons (Fsp3) is 0.143. The van der Waals surface area contributed by atoms with E-state index in [2.05, 4.69) is 37.2 Å². The molecule has 0 unspecified atom stereocenters. The topological polar surface area (TPSA) is 46.2 Å². The van der Waals surface area contributed by atoms with E-state index in [0.717, 1.165) is 14.6 Å². The fourth-order valence-corrected chi connectivity index (χ4v) is 3.88. The first-order chi connectivity index (χ1) is 9.79. The molecule has 0 saturated carbocycles. The highest BCUT2D eigenvalue weighted by molar-refractivity contribution is 9.11. The van der Waals surface area contributed by atoms with Crippen molar-refractivity contribution in [2.24, 2.45) is 0 Å². The fourth-order valence-electron chi connectivity index (χ4n) is 1.87. The van der Waals surface area contributed by atoms with Gasteiger partial charge >= 0.3 is 0 Å². The summed E-state index contributed by atoms with van der Waals surface area (Å²) in [4.78, 5) is 0.244. The van der Waals surface area contributed by atoms with Crippen molar-refractivity contribution in [3.05, 3.63) is 55.9 Å². The van der Waals surface area contributed by atoms with Crippen molar-refractivity contribution in [2.45, 2.75) is 11.4 Å². The molecule has 2 aromatic rings. The molecule has 112 valence electrons. The van der Waals surface area contributed by atoms with E-state index < -0.39 is 9.84 Å². The van der Waals surface area contributed by atoms with E-state index in [1.165, 1.54) is 6.26 Å². The third-order valence-electron chi connectivity index (χ3n) is 2.86. The van der Waals surface area contributed by atoms with Crippen LogP contribution in [0.1, 0.15) is 5.56 Å². The minimum absolute atomic E-state index is 0.244. The summed E-state index contributed by atoms with van der Waals surface area (Å²) in [6, 6.07) is 10.6. The van der Waals surface area contributed by atoms with E-state index in [0.29, 0.717) is 17.1 Å². The molecule has 0 radical (unpaired) electrons. The third-order valence-corrected chi connectivity index (χ3v) is 5.58. The molecule has 0 amide bonds. The number of rotatable bonds is 4. The molecule has 0 saturated heterocycles. The quantitative estimate of drug-likeness (QED) is 0.718.